The quantitative estimate of drug-likeness (QED) is 0.217. The monoisotopic (exact) mass is 520 g/mol. The van der Waals surface area contributed by atoms with Gasteiger partial charge in [-0.1, -0.05) is 103 Å². The van der Waals surface area contributed by atoms with Crippen LogP contribution in [-0.4, -0.2) is 52.1 Å². The predicted octanol–water partition coefficient (Wildman–Crippen LogP) is 7.15. The summed E-state index contributed by atoms with van der Waals surface area (Å²) in [7, 11) is 0. The van der Waals surface area contributed by atoms with E-state index in [-0.39, 0.29) is 0 Å². The normalized spacial score (nSPS) is 14.9. The zero-order chi connectivity index (χ0) is 25.7. The minimum absolute atomic E-state index is 0.301. The van der Waals surface area contributed by atoms with Gasteiger partial charge in [0.15, 0.2) is 0 Å². The number of hydrogen-bond donors (Lipinski definition) is 0. The number of benzene rings is 4. The maximum Gasteiger partial charge on any atom is 0.141 e. The second kappa shape index (κ2) is 11.5. The van der Waals surface area contributed by atoms with Crippen LogP contribution in [0, 0.1) is 0 Å². The molecule has 0 atom stereocenters. The third-order valence-electron chi connectivity index (χ3n) is 7.60. The first-order valence-electron chi connectivity index (χ1n) is 13.5. The third-order valence-corrected chi connectivity index (χ3v) is 7.84. The van der Waals surface area contributed by atoms with Gasteiger partial charge in [0.05, 0.1) is 17.1 Å². The van der Waals surface area contributed by atoms with E-state index in [2.05, 4.69) is 99.3 Å². The molecule has 0 spiro atoms. The van der Waals surface area contributed by atoms with Gasteiger partial charge in [-0.2, -0.15) is 0 Å². The summed E-state index contributed by atoms with van der Waals surface area (Å²) in [6.07, 6.45) is 1.07. The minimum atomic E-state index is 0.301. The van der Waals surface area contributed by atoms with Gasteiger partial charge in [0.25, 0.3) is 0 Å². The summed E-state index contributed by atoms with van der Waals surface area (Å²) < 4.78 is 2.34. The topological polar surface area (TPSA) is 24.3 Å². The molecule has 1 aliphatic heterocycles. The fourth-order valence-corrected chi connectivity index (χ4v) is 5.88. The van der Waals surface area contributed by atoms with Crippen molar-refractivity contribution in [3.8, 4) is 11.4 Å². The first kappa shape index (κ1) is 24.9. The summed E-state index contributed by atoms with van der Waals surface area (Å²) in [5.74, 6) is 1.02. The Hall–Kier alpha value is -3.44. The molecule has 0 aliphatic carbocycles. The molecule has 5 aromatic rings. The summed E-state index contributed by atoms with van der Waals surface area (Å²) >= 11 is 6.38. The van der Waals surface area contributed by atoms with Crippen LogP contribution in [0.3, 0.4) is 0 Å². The van der Waals surface area contributed by atoms with Crippen LogP contribution in [0.15, 0.2) is 109 Å². The average Bonchev–Trinajstić information content (AvgIpc) is 3.33. The average molecular weight is 521 g/mol. The van der Waals surface area contributed by atoms with Crippen molar-refractivity contribution in [1.82, 2.24) is 19.4 Å². The highest BCUT2D eigenvalue weighted by Crippen LogP contribution is 2.30. The van der Waals surface area contributed by atoms with Gasteiger partial charge >= 0.3 is 0 Å². The fraction of sp³-hybridized carbons (Fsp3) is 0.242. The van der Waals surface area contributed by atoms with Crippen LogP contribution in [-0.2, 0) is 6.54 Å². The molecule has 1 saturated heterocycles. The van der Waals surface area contributed by atoms with Crippen molar-refractivity contribution >= 4 is 22.6 Å². The number of piperazine rings is 1. The van der Waals surface area contributed by atoms with Crippen LogP contribution >= 0.6 is 11.6 Å². The van der Waals surface area contributed by atoms with Gasteiger partial charge in [0, 0.05) is 43.3 Å². The lowest BCUT2D eigenvalue weighted by atomic mass is 9.96. The molecule has 0 amide bonds. The van der Waals surface area contributed by atoms with Gasteiger partial charge < -0.3 is 9.47 Å². The van der Waals surface area contributed by atoms with E-state index in [4.69, 9.17) is 16.6 Å². The summed E-state index contributed by atoms with van der Waals surface area (Å²) in [5.41, 5.74) is 5.98. The van der Waals surface area contributed by atoms with Crippen molar-refractivity contribution in [2.24, 2.45) is 0 Å². The van der Waals surface area contributed by atoms with Crippen molar-refractivity contribution in [2.45, 2.75) is 19.0 Å². The van der Waals surface area contributed by atoms with Crippen LogP contribution < -0.4 is 0 Å². The van der Waals surface area contributed by atoms with E-state index >= 15 is 0 Å². The van der Waals surface area contributed by atoms with Crippen LogP contribution in [0.25, 0.3) is 22.4 Å². The Balaban J connectivity index is 1.13. The number of halogens is 1. The van der Waals surface area contributed by atoms with E-state index in [1.54, 1.807) is 0 Å². The highest BCUT2D eigenvalue weighted by atomic mass is 35.5. The first-order valence-corrected chi connectivity index (χ1v) is 13.9. The van der Waals surface area contributed by atoms with E-state index in [0.717, 1.165) is 73.1 Å². The predicted molar refractivity (Wildman–Crippen MR) is 158 cm³/mol. The molecule has 4 nitrogen and oxygen atoms in total. The molecule has 0 N–H and O–H groups in total. The SMILES string of the molecule is Clc1ccc2nc(-c3ccccc3)n(CCCN3CCN(C(c4ccccc4)c4ccccc4)CC3)c2c1. The lowest BCUT2D eigenvalue weighted by Gasteiger charge is -2.40. The molecule has 6 rings (SSSR count). The molecule has 1 aromatic heterocycles. The summed E-state index contributed by atoms with van der Waals surface area (Å²) in [6, 6.07) is 38.6. The van der Waals surface area contributed by atoms with Gasteiger partial charge in [-0.05, 0) is 42.3 Å². The van der Waals surface area contributed by atoms with Gasteiger partial charge in [-0.25, -0.2) is 4.98 Å². The van der Waals surface area contributed by atoms with Crippen molar-refractivity contribution < 1.29 is 0 Å². The highest BCUT2D eigenvalue weighted by Gasteiger charge is 2.26. The summed E-state index contributed by atoms with van der Waals surface area (Å²) in [4.78, 5) is 10.2. The van der Waals surface area contributed by atoms with Crippen molar-refractivity contribution in [3.05, 3.63) is 125 Å². The molecule has 192 valence electrons. The largest absolute Gasteiger partial charge is 0.324 e. The Kier molecular flexibility index (Phi) is 7.54. The van der Waals surface area contributed by atoms with Crippen LogP contribution in [0.4, 0.5) is 0 Å². The zero-order valence-electron chi connectivity index (χ0n) is 21.6. The number of hydrogen-bond acceptors (Lipinski definition) is 3. The second-order valence-electron chi connectivity index (χ2n) is 10.0. The van der Waals surface area contributed by atoms with Gasteiger partial charge in [0.1, 0.15) is 5.82 Å². The van der Waals surface area contributed by atoms with Crippen LogP contribution in [0.2, 0.25) is 5.02 Å². The molecule has 0 saturated carbocycles. The molecule has 0 radical (unpaired) electrons. The van der Waals surface area contributed by atoms with Crippen molar-refractivity contribution in [2.75, 3.05) is 32.7 Å². The molecule has 0 bridgehead atoms. The van der Waals surface area contributed by atoms with Crippen LogP contribution in [0.5, 0.6) is 0 Å². The zero-order valence-corrected chi connectivity index (χ0v) is 22.3. The Bertz CT molecular complexity index is 1420. The fourth-order valence-electron chi connectivity index (χ4n) is 5.71. The molecule has 38 heavy (non-hydrogen) atoms. The van der Waals surface area contributed by atoms with Gasteiger partial charge in [-0.15, -0.1) is 0 Å². The van der Waals surface area contributed by atoms with E-state index in [1.165, 1.54) is 11.1 Å². The minimum Gasteiger partial charge on any atom is -0.324 e. The molecular formula is C33H33ClN4. The van der Waals surface area contributed by atoms with E-state index in [1.807, 2.05) is 24.3 Å². The summed E-state index contributed by atoms with van der Waals surface area (Å²) in [6.45, 7) is 6.28. The molecular weight excluding hydrogens is 488 g/mol. The number of rotatable bonds is 8. The van der Waals surface area contributed by atoms with Crippen molar-refractivity contribution in [1.29, 1.82) is 0 Å². The number of nitrogens with zero attached hydrogens (tertiary/aromatic N) is 4. The maximum atomic E-state index is 6.38. The number of imidazole rings is 1. The number of aryl methyl sites for hydroxylation is 1. The molecule has 2 heterocycles. The smallest absolute Gasteiger partial charge is 0.141 e. The molecule has 5 heteroatoms. The second-order valence-corrected chi connectivity index (χ2v) is 10.5. The van der Waals surface area contributed by atoms with Gasteiger partial charge in [0.2, 0.25) is 0 Å². The summed E-state index contributed by atoms with van der Waals surface area (Å²) in [5, 5.41) is 0.751. The molecule has 4 aromatic carbocycles. The molecule has 0 unspecified atom stereocenters. The lowest BCUT2D eigenvalue weighted by Crippen LogP contribution is -2.48. The number of fused-ring (bicyclic) bond motifs is 1. The maximum absolute atomic E-state index is 6.38. The van der Waals surface area contributed by atoms with Crippen LogP contribution in [0.1, 0.15) is 23.6 Å². The molecule has 1 fully saturated rings. The van der Waals surface area contributed by atoms with E-state index < -0.39 is 0 Å². The highest BCUT2D eigenvalue weighted by molar-refractivity contribution is 6.31. The van der Waals surface area contributed by atoms with Crippen molar-refractivity contribution in [3.63, 3.8) is 0 Å². The van der Waals surface area contributed by atoms with E-state index in [0.29, 0.717) is 6.04 Å². The third kappa shape index (κ3) is 5.39. The standard InChI is InChI=1S/C33H33ClN4/c34-29-17-18-30-31(25-29)38(33(35-30)28-15-8-3-9-16-28)20-10-19-36-21-23-37(24-22-36)32(26-11-4-1-5-12-26)27-13-6-2-7-14-27/h1-9,11-18,25,32H,10,19-24H2. The van der Waals surface area contributed by atoms with Gasteiger partial charge in [-0.3, -0.25) is 4.90 Å². The first-order chi connectivity index (χ1) is 18.8. The lowest BCUT2D eigenvalue weighted by molar-refractivity contribution is 0.108. The molecule has 1 aliphatic rings. The Labute approximate surface area is 230 Å². The Morgan fingerprint density at radius 1 is 0.684 bits per heavy atom. The Morgan fingerprint density at radius 2 is 1.29 bits per heavy atom. The number of aromatic nitrogens is 2. The van der Waals surface area contributed by atoms with E-state index in [9.17, 15) is 0 Å². The Morgan fingerprint density at radius 3 is 1.92 bits per heavy atom.